The molecule has 1 aromatic heterocycles. The number of benzene rings is 2. The van der Waals surface area contributed by atoms with Crippen molar-refractivity contribution in [1.82, 2.24) is 15.3 Å². The summed E-state index contributed by atoms with van der Waals surface area (Å²) in [7, 11) is 0. The van der Waals surface area contributed by atoms with E-state index in [4.69, 9.17) is 11.6 Å². The molecule has 4 nitrogen and oxygen atoms in total. The molecule has 0 aliphatic rings. The average Bonchev–Trinajstić information content (AvgIpc) is 2.67. The number of hydrogen-bond donors (Lipinski definition) is 1. The highest BCUT2D eigenvalue weighted by Gasteiger charge is 2.18. The second-order valence-electron chi connectivity index (χ2n) is 8.49. The largest absolute Gasteiger partial charge is 0.347 e. The highest BCUT2D eigenvalue weighted by atomic mass is 35.5. The van der Waals surface area contributed by atoms with Gasteiger partial charge in [0, 0.05) is 27.9 Å². The van der Waals surface area contributed by atoms with E-state index in [9.17, 15) is 4.79 Å². The number of carbonyl (C=O) groups excluding carboxylic acids is 1. The number of rotatable bonds is 4. The molecule has 0 aliphatic heterocycles. The van der Waals surface area contributed by atoms with Gasteiger partial charge in [-0.1, -0.05) is 37.6 Å². The molecule has 0 spiro atoms. The Kier molecular flexibility index (Phi) is 6.04. The van der Waals surface area contributed by atoms with Gasteiger partial charge < -0.3 is 5.32 Å². The summed E-state index contributed by atoms with van der Waals surface area (Å²) in [6.07, 6.45) is 3.38. The first-order valence-electron chi connectivity index (χ1n) is 9.68. The number of nitrogens with zero attached hydrogens (tertiary/aromatic N) is 2. The van der Waals surface area contributed by atoms with Gasteiger partial charge in [0.15, 0.2) is 0 Å². The van der Waals surface area contributed by atoms with Crippen molar-refractivity contribution in [3.63, 3.8) is 0 Å². The molecular formula is C24H26ClN3O. The summed E-state index contributed by atoms with van der Waals surface area (Å²) < 4.78 is 0. The Bertz CT molecular complexity index is 1020. The number of halogens is 1. The van der Waals surface area contributed by atoms with Gasteiger partial charge in [-0.25, -0.2) is 9.97 Å². The Morgan fingerprint density at radius 1 is 1.00 bits per heavy atom. The third-order valence-corrected chi connectivity index (χ3v) is 4.71. The summed E-state index contributed by atoms with van der Waals surface area (Å²) in [6.45, 7) is 10.1. The summed E-state index contributed by atoms with van der Waals surface area (Å²) in [5.74, 6) is 0.122. The molecule has 1 heterocycles. The zero-order chi connectivity index (χ0) is 21.2. The van der Waals surface area contributed by atoms with Crippen molar-refractivity contribution < 1.29 is 4.79 Å². The number of hydrogen-bond acceptors (Lipinski definition) is 3. The van der Waals surface area contributed by atoms with E-state index in [0.717, 1.165) is 27.9 Å². The maximum atomic E-state index is 12.9. The topological polar surface area (TPSA) is 54.9 Å². The van der Waals surface area contributed by atoms with E-state index in [2.05, 4.69) is 35.2 Å². The summed E-state index contributed by atoms with van der Waals surface area (Å²) in [6, 6.07) is 13.5. The van der Waals surface area contributed by atoms with Crippen LogP contribution in [0.15, 0.2) is 55.0 Å². The molecule has 3 aromatic rings. The van der Waals surface area contributed by atoms with Crippen molar-refractivity contribution >= 4 is 17.5 Å². The van der Waals surface area contributed by atoms with Gasteiger partial charge >= 0.3 is 0 Å². The number of carbonyl (C=O) groups is 1. The lowest BCUT2D eigenvalue weighted by molar-refractivity contribution is 0.0919. The molecule has 5 heteroatoms. The van der Waals surface area contributed by atoms with Crippen LogP contribution in [0.3, 0.4) is 0 Å². The molecule has 150 valence electrons. The molecule has 0 atom stereocenters. The van der Waals surface area contributed by atoms with Gasteiger partial charge in [-0.2, -0.15) is 0 Å². The molecule has 3 rings (SSSR count). The van der Waals surface area contributed by atoms with Crippen LogP contribution in [0.4, 0.5) is 0 Å². The maximum Gasteiger partial charge on any atom is 0.251 e. The molecule has 0 unspecified atom stereocenters. The van der Waals surface area contributed by atoms with Crippen LogP contribution in [0.1, 0.15) is 56.6 Å². The predicted octanol–water partition coefficient (Wildman–Crippen LogP) is 6.12. The van der Waals surface area contributed by atoms with Crippen molar-refractivity contribution in [2.45, 2.75) is 46.1 Å². The lowest BCUT2D eigenvalue weighted by Gasteiger charge is -2.21. The van der Waals surface area contributed by atoms with E-state index in [0.29, 0.717) is 10.6 Å². The van der Waals surface area contributed by atoms with Gasteiger partial charge in [0.2, 0.25) is 0 Å². The second kappa shape index (κ2) is 8.34. The van der Waals surface area contributed by atoms with E-state index in [1.165, 1.54) is 0 Å². The van der Waals surface area contributed by atoms with Crippen LogP contribution in [0.5, 0.6) is 0 Å². The first-order chi connectivity index (χ1) is 13.6. The van der Waals surface area contributed by atoms with Crippen molar-refractivity contribution in [2.75, 3.05) is 0 Å². The molecule has 0 saturated carbocycles. The van der Waals surface area contributed by atoms with Gasteiger partial charge in [-0.05, 0) is 73.7 Å². The van der Waals surface area contributed by atoms with Gasteiger partial charge in [0.25, 0.3) is 5.91 Å². The highest BCUT2D eigenvalue weighted by molar-refractivity contribution is 6.30. The van der Waals surface area contributed by atoms with E-state index in [1.807, 2.05) is 63.4 Å². The first-order valence-corrected chi connectivity index (χ1v) is 10.1. The first kappa shape index (κ1) is 21.0. The fourth-order valence-corrected chi connectivity index (χ4v) is 3.28. The minimum Gasteiger partial charge on any atom is -0.347 e. The number of amides is 1. The average molecular weight is 408 g/mol. The molecule has 1 amide bonds. The molecule has 0 radical (unpaired) electrons. The van der Waals surface area contributed by atoms with E-state index in [1.54, 1.807) is 6.33 Å². The Balaban J connectivity index is 2.18. The van der Waals surface area contributed by atoms with Crippen molar-refractivity contribution in [2.24, 2.45) is 0 Å². The molecule has 0 saturated heterocycles. The van der Waals surface area contributed by atoms with Crippen LogP contribution in [0.2, 0.25) is 5.02 Å². The fourth-order valence-electron chi connectivity index (χ4n) is 3.16. The van der Waals surface area contributed by atoms with Crippen LogP contribution in [0, 0.1) is 0 Å². The molecule has 0 aliphatic carbocycles. The third-order valence-electron chi connectivity index (χ3n) is 4.46. The van der Waals surface area contributed by atoms with Crippen molar-refractivity contribution in [3.05, 3.63) is 71.3 Å². The van der Waals surface area contributed by atoms with Crippen LogP contribution in [-0.4, -0.2) is 21.4 Å². The van der Waals surface area contributed by atoms with Crippen LogP contribution in [0.25, 0.3) is 22.3 Å². The zero-order valence-corrected chi connectivity index (χ0v) is 18.2. The molecule has 29 heavy (non-hydrogen) atoms. The lowest BCUT2D eigenvalue weighted by atomic mass is 9.93. The maximum absolute atomic E-state index is 12.9. The van der Waals surface area contributed by atoms with E-state index < -0.39 is 0 Å². The summed E-state index contributed by atoms with van der Waals surface area (Å²) in [4.78, 5) is 21.6. The minimum atomic E-state index is -0.327. The third kappa shape index (κ3) is 5.21. The van der Waals surface area contributed by atoms with Gasteiger partial charge in [0.1, 0.15) is 6.33 Å². The summed E-state index contributed by atoms with van der Waals surface area (Å²) in [5.41, 5.74) is 5.01. The number of nitrogens with one attached hydrogen (secondary N) is 1. The molecule has 0 bridgehead atoms. The van der Waals surface area contributed by atoms with Gasteiger partial charge in [0.05, 0.1) is 5.69 Å². The Hall–Kier alpha value is -2.72. The predicted molar refractivity (Wildman–Crippen MR) is 119 cm³/mol. The highest BCUT2D eigenvalue weighted by Crippen LogP contribution is 2.32. The lowest BCUT2D eigenvalue weighted by Crippen LogP contribution is -2.40. The SMILES string of the molecule is CC(C)c1ncncc1-c1cc(C(=O)NC(C)(C)C)cc(-c2ccc(Cl)cc2)c1. The Labute approximate surface area is 177 Å². The molecule has 0 fully saturated rings. The van der Waals surface area contributed by atoms with Crippen LogP contribution >= 0.6 is 11.6 Å². The zero-order valence-electron chi connectivity index (χ0n) is 17.5. The standard InChI is InChI=1S/C24H26ClN3O/c1-15(2)22-21(13-26-14-27-22)18-10-17(16-6-8-20(25)9-7-16)11-19(12-18)23(29)28-24(3,4)5/h6-15H,1-5H3,(H,28,29). The van der Waals surface area contributed by atoms with Gasteiger partial charge in [-0.15, -0.1) is 0 Å². The quantitative estimate of drug-likeness (QED) is 0.567. The molecular weight excluding hydrogens is 382 g/mol. The van der Waals surface area contributed by atoms with E-state index >= 15 is 0 Å². The minimum absolute atomic E-state index is 0.113. The number of aromatic nitrogens is 2. The van der Waals surface area contributed by atoms with E-state index in [-0.39, 0.29) is 17.4 Å². The fraction of sp³-hybridized carbons (Fsp3) is 0.292. The second-order valence-corrected chi connectivity index (χ2v) is 8.92. The van der Waals surface area contributed by atoms with Crippen LogP contribution < -0.4 is 5.32 Å². The summed E-state index contributed by atoms with van der Waals surface area (Å²) in [5, 5.41) is 3.72. The Morgan fingerprint density at radius 2 is 1.66 bits per heavy atom. The monoisotopic (exact) mass is 407 g/mol. The normalized spacial score (nSPS) is 11.6. The summed E-state index contributed by atoms with van der Waals surface area (Å²) >= 11 is 6.06. The Morgan fingerprint density at radius 3 is 2.28 bits per heavy atom. The van der Waals surface area contributed by atoms with Crippen molar-refractivity contribution in [1.29, 1.82) is 0 Å². The smallest absolute Gasteiger partial charge is 0.251 e. The van der Waals surface area contributed by atoms with Crippen LogP contribution in [-0.2, 0) is 0 Å². The van der Waals surface area contributed by atoms with Crippen molar-refractivity contribution in [3.8, 4) is 22.3 Å². The molecule has 1 N–H and O–H groups in total. The van der Waals surface area contributed by atoms with Gasteiger partial charge in [-0.3, -0.25) is 4.79 Å². The molecule has 2 aromatic carbocycles.